The van der Waals surface area contributed by atoms with Gasteiger partial charge in [0.05, 0.1) is 25.5 Å². The van der Waals surface area contributed by atoms with Gasteiger partial charge >= 0.3 is 0 Å². The van der Waals surface area contributed by atoms with Crippen molar-refractivity contribution in [2.45, 2.75) is 32.6 Å². The number of ether oxygens (including phenoxy) is 1. The number of aromatic nitrogens is 1. The summed E-state index contributed by atoms with van der Waals surface area (Å²) in [4.78, 5) is 35.6. The summed E-state index contributed by atoms with van der Waals surface area (Å²) in [6.45, 7) is 8.85. The summed E-state index contributed by atoms with van der Waals surface area (Å²) in [7, 11) is 0. The monoisotopic (exact) mass is 456 g/mol. The highest BCUT2D eigenvalue weighted by molar-refractivity contribution is 7.15. The van der Waals surface area contributed by atoms with Gasteiger partial charge in [-0.3, -0.25) is 14.5 Å². The number of anilines is 1. The third kappa shape index (κ3) is 5.94. The zero-order chi connectivity index (χ0) is 22.5. The summed E-state index contributed by atoms with van der Waals surface area (Å²) in [5.41, 5.74) is 2.13. The lowest BCUT2D eigenvalue weighted by Crippen LogP contribution is -2.42. The molecule has 1 aliphatic carbocycles. The molecule has 1 saturated carbocycles. The van der Waals surface area contributed by atoms with Crippen LogP contribution in [0.3, 0.4) is 0 Å². The van der Waals surface area contributed by atoms with E-state index in [4.69, 9.17) is 4.74 Å². The van der Waals surface area contributed by atoms with Crippen molar-refractivity contribution >= 4 is 28.3 Å². The van der Waals surface area contributed by atoms with Crippen molar-refractivity contribution in [1.82, 2.24) is 14.8 Å². The van der Waals surface area contributed by atoms with Crippen LogP contribution in [0.25, 0.3) is 0 Å². The first-order valence-electron chi connectivity index (χ1n) is 11.4. The van der Waals surface area contributed by atoms with E-state index in [0.717, 1.165) is 56.3 Å². The first kappa shape index (κ1) is 22.9. The predicted molar refractivity (Wildman–Crippen MR) is 126 cm³/mol. The smallest absolute Gasteiger partial charge is 0.245 e. The lowest BCUT2D eigenvalue weighted by molar-refractivity contribution is -0.136. The van der Waals surface area contributed by atoms with Crippen molar-refractivity contribution in [1.29, 1.82) is 0 Å². The van der Waals surface area contributed by atoms with Crippen LogP contribution in [-0.4, -0.2) is 72.5 Å². The zero-order valence-corrected chi connectivity index (χ0v) is 19.7. The highest BCUT2D eigenvalue weighted by atomic mass is 32.1. The van der Waals surface area contributed by atoms with E-state index in [1.165, 1.54) is 16.9 Å². The Hall–Kier alpha value is -2.29. The molecule has 1 aliphatic heterocycles. The van der Waals surface area contributed by atoms with Crippen LogP contribution < -0.4 is 5.32 Å². The van der Waals surface area contributed by atoms with Crippen LogP contribution in [0.2, 0.25) is 0 Å². The number of amides is 2. The number of thiazole rings is 1. The molecule has 2 heterocycles. The van der Waals surface area contributed by atoms with Crippen molar-refractivity contribution < 1.29 is 14.3 Å². The van der Waals surface area contributed by atoms with Gasteiger partial charge in [0.2, 0.25) is 11.8 Å². The lowest BCUT2D eigenvalue weighted by Gasteiger charge is -2.28. The van der Waals surface area contributed by atoms with Crippen LogP contribution in [0.4, 0.5) is 5.13 Å². The maximum Gasteiger partial charge on any atom is 0.245 e. The van der Waals surface area contributed by atoms with Crippen LogP contribution in [0.1, 0.15) is 34.9 Å². The maximum atomic E-state index is 13.3. The zero-order valence-electron chi connectivity index (χ0n) is 18.9. The number of nitrogens with zero attached hydrogens (tertiary/aromatic N) is 3. The fraction of sp³-hybridized carbons (Fsp3) is 0.542. The predicted octanol–water partition coefficient (Wildman–Crippen LogP) is 3.05. The topological polar surface area (TPSA) is 74.8 Å². The summed E-state index contributed by atoms with van der Waals surface area (Å²) in [5, 5.41) is 3.48. The van der Waals surface area contributed by atoms with E-state index in [1.807, 2.05) is 32.0 Å². The standard InChI is InChI=1S/C24H32N4O3S/c1-17-18(2)32-24(25-17)26-22(29)16-28(10-6-9-27-11-13-31-14-12-27)23(30)21-15-20(21)19-7-4-3-5-8-19/h3-5,7-8,20-21H,6,9-16H2,1-2H3,(H,25,26,29). The summed E-state index contributed by atoms with van der Waals surface area (Å²) < 4.78 is 5.41. The van der Waals surface area contributed by atoms with Crippen molar-refractivity contribution in [2.24, 2.45) is 5.92 Å². The molecule has 2 atom stereocenters. The fourth-order valence-electron chi connectivity index (χ4n) is 4.21. The molecule has 1 N–H and O–H groups in total. The van der Waals surface area contributed by atoms with E-state index < -0.39 is 0 Å². The average molecular weight is 457 g/mol. The van der Waals surface area contributed by atoms with Gasteiger partial charge in [-0.2, -0.15) is 0 Å². The number of nitrogens with one attached hydrogen (secondary N) is 1. The Morgan fingerprint density at radius 1 is 1.22 bits per heavy atom. The Morgan fingerprint density at radius 3 is 2.66 bits per heavy atom. The Labute approximate surface area is 193 Å². The van der Waals surface area contributed by atoms with Gasteiger partial charge in [-0.25, -0.2) is 4.98 Å². The van der Waals surface area contributed by atoms with E-state index in [9.17, 15) is 9.59 Å². The Kier molecular flexibility index (Phi) is 7.55. The number of carbonyl (C=O) groups is 2. The van der Waals surface area contributed by atoms with Gasteiger partial charge in [0.25, 0.3) is 0 Å². The molecule has 1 saturated heterocycles. The van der Waals surface area contributed by atoms with E-state index >= 15 is 0 Å². The summed E-state index contributed by atoms with van der Waals surface area (Å²) in [6, 6.07) is 10.2. The highest BCUT2D eigenvalue weighted by Crippen LogP contribution is 2.48. The minimum atomic E-state index is -0.185. The van der Waals surface area contributed by atoms with Gasteiger partial charge < -0.3 is 15.0 Å². The molecular formula is C24H32N4O3S. The number of benzene rings is 1. The average Bonchev–Trinajstić information content (AvgIpc) is 3.54. The SMILES string of the molecule is Cc1nc(NC(=O)CN(CCCN2CCOCC2)C(=O)C2CC2c2ccccc2)sc1C. The number of hydrogen-bond acceptors (Lipinski definition) is 6. The molecule has 172 valence electrons. The highest BCUT2D eigenvalue weighted by Gasteiger charge is 2.45. The second kappa shape index (κ2) is 10.6. The summed E-state index contributed by atoms with van der Waals surface area (Å²) in [5.74, 6) is 0.133. The van der Waals surface area contributed by atoms with Gasteiger partial charge in [-0.15, -0.1) is 11.3 Å². The third-order valence-electron chi connectivity index (χ3n) is 6.26. The number of rotatable bonds is 9. The molecule has 0 spiro atoms. The summed E-state index contributed by atoms with van der Waals surface area (Å²) >= 11 is 1.47. The third-order valence-corrected chi connectivity index (χ3v) is 7.25. The largest absolute Gasteiger partial charge is 0.379 e. The fourth-order valence-corrected chi connectivity index (χ4v) is 5.04. The maximum absolute atomic E-state index is 13.3. The second-order valence-corrected chi connectivity index (χ2v) is 9.84. The van der Waals surface area contributed by atoms with Crippen molar-refractivity contribution in [3.8, 4) is 0 Å². The molecule has 2 fully saturated rings. The molecule has 8 heteroatoms. The molecule has 4 rings (SSSR count). The Morgan fingerprint density at radius 2 is 1.97 bits per heavy atom. The molecule has 2 aliphatic rings. The number of aryl methyl sites for hydroxylation is 2. The molecule has 1 aromatic heterocycles. The number of carbonyl (C=O) groups excluding carboxylic acids is 2. The van der Waals surface area contributed by atoms with Gasteiger partial charge in [0.1, 0.15) is 0 Å². The molecule has 0 bridgehead atoms. The molecular weight excluding hydrogens is 424 g/mol. The Bertz CT molecular complexity index is 907. The van der Waals surface area contributed by atoms with Crippen LogP contribution >= 0.6 is 11.3 Å². The van der Waals surface area contributed by atoms with Crippen LogP contribution in [0.15, 0.2) is 30.3 Å². The van der Waals surface area contributed by atoms with Gasteiger partial charge in [-0.1, -0.05) is 30.3 Å². The molecule has 32 heavy (non-hydrogen) atoms. The van der Waals surface area contributed by atoms with Crippen molar-refractivity contribution in [3.05, 3.63) is 46.5 Å². The van der Waals surface area contributed by atoms with E-state index in [-0.39, 0.29) is 30.2 Å². The van der Waals surface area contributed by atoms with Crippen LogP contribution in [0.5, 0.6) is 0 Å². The first-order valence-corrected chi connectivity index (χ1v) is 12.2. The minimum Gasteiger partial charge on any atom is -0.379 e. The molecule has 2 aromatic rings. The molecule has 1 aromatic carbocycles. The van der Waals surface area contributed by atoms with Crippen molar-refractivity contribution in [3.63, 3.8) is 0 Å². The van der Waals surface area contributed by atoms with Gasteiger partial charge in [0, 0.05) is 37.0 Å². The lowest BCUT2D eigenvalue weighted by atomic mass is 10.1. The normalized spacial score (nSPS) is 20.7. The van der Waals surface area contributed by atoms with Crippen molar-refractivity contribution in [2.75, 3.05) is 51.3 Å². The molecule has 2 unspecified atom stereocenters. The summed E-state index contributed by atoms with van der Waals surface area (Å²) in [6.07, 6.45) is 1.70. The van der Waals surface area contributed by atoms with Gasteiger partial charge in [-0.05, 0) is 38.2 Å². The number of morpholine rings is 1. The first-order chi connectivity index (χ1) is 15.5. The van der Waals surface area contributed by atoms with Gasteiger partial charge in [0.15, 0.2) is 5.13 Å². The minimum absolute atomic E-state index is 0.0297. The van der Waals surface area contributed by atoms with E-state index in [2.05, 4.69) is 27.3 Å². The second-order valence-electron chi connectivity index (χ2n) is 8.64. The quantitative estimate of drug-likeness (QED) is 0.628. The van der Waals surface area contributed by atoms with E-state index in [0.29, 0.717) is 11.7 Å². The van der Waals surface area contributed by atoms with Crippen LogP contribution in [-0.2, 0) is 14.3 Å². The van der Waals surface area contributed by atoms with E-state index in [1.54, 1.807) is 4.90 Å². The molecule has 2 amide bonds. The van der Waals surface area contributed by atoms with Crippen LogP contribution in [0, 0.1) is 19.8 Å². The Balaban J connectivity index is 1.36. The molecule has 0 radical (unpaired) electrons. The molecule has 7 nitrogen and oxygen atoms in total. The number of hydrogen-bond donors (Lipinski definition) is 1.